The van der Waals surface area contributed by atoms with Crippen molar-refractivity contribution in [3.63, 3.8) is 0 Å². The third kappa shape index (κ3) is 3.32. The van der Waals surface area contributed by atoms with Crippen LogP contribution < -0.4 is 5.32 Å². The molecule has 0 saturated carbocycles. The zero-order valence-corrected chi connectivity index (χ0v) is 11.3. The molecule has 1 aromatic carbocycles. The Morgan fingerprint density at radius 1 is 1.35 bits per heavy atom. The fourth-order valence-corrected chi connectivity index (χ4v) is 1.75. The molecule has 4 nitrogen and oxygen atoms in total. The summed E-state index contributed by atoms with van der Waals surface area (Å²) < 4.78 is 18.0. The molecule has 2 aromatic rings. The maximum Gasteiger partial charge on any atom is 0.339 e. The summed E-state index contributed by atoms with van der Waals surface area (Å²) in [7, 11) is 1.29. The molecule has 1 heterocycles. The van der Waals surface area contributed by atoms with Crippen LogP contribution in [-0.2, 0) is 11.3 Å². The van der Waals surface area contributed by atoms with Crippen molar-refractivity contribution >= 4 is 11.7 Å². The second-order valence-electron chi connectivity index (χ2n) is 4.34. The molecule has 0 atom stereocenters. The normalized spacial score (nSPS) is 10.2. The van der Waals surface area contributed by atoms with Gasteiger partial charge in [-0.3, -0.25) is 4.98 Å². The van der Waals surface area contributed by atoms with Crippen LogP contribution in [0, 0.1) is 12.7 Å². The first-order valence-corrected chi connectivity index (χ1v) is 6.13. The maximum absolute atomic E-state index is 13.3. The summed E-state index contributed by atoms with van der Waals surface area (Å²) in [5.41, 5.74) is 2.57. The van der Waals surface area contributed by atoms with Gasteiger partial charge in [0.1, 0.15) is 5.82 Å². The fourth-order valence-electron chi connectivity index (χ4n) is 1.75. The molecule has 0 aliphatic heterocycles. The van der Waals surface area contributed by atoms with Crippen molar-refractivity contribution in [3.8, 4) is 0 Å². The topological polar surface area (TPSA) is 51.2 Å². The highest BCUT2D eigenvalue weighted by Crippen LogP contribution is 2.19. The Morgan fingerprint density at radius 3 is 2.80 bits per heavy atom. The van der Waals surface area contributed by atoms with E-state index in [1.54, 1.807) is 6.20 Å². The number of carbonyl (C=O) groups is 1. The number of benzene rings is 1. The molecule has 0 saturated heterocycles. The highest BCUT2D eigenvalue weighted by molar-refractivity contribution is 5.95. The van der Waals surface area contributed by atoms with Gasteiger partial charge in [-0.25, -0.2) is 9.18 Å². The summed E-state index contributed by atoms with van der Waals surface area (Å²) in [6.45, 7) is 2.35. The summed E-state index contributed by atoms with van der Waals surface area (Å²) in [5, 5.41) is 3.02. The maximum atomic E-state index is 13.3. The van der Waals surface area contributed by atoms with E-state index in [0.717, 1.165) is 11.3 Å². The number of methoxy groups -OCH3 is 1. The van der Waals surface area contributed by atoms with Crippen molar-refractivity contribution in [1.82, 2.24) is 4.98 Å². The molecule has 0 aliphatic rings. The molecular weight excluding hydrogens is 259 g/mol. The van der Waals surface area contributed by atoms with Gasteiger partial charge in [0, 0.05) is 18.4 Å². The standard InChI is InChI=1S/C15H15FN2O2/c1-10-3-4-11(8-17-10)9-18-14-7-12(16)5-6-13(14)15(19)20-2/h3-8,18H,9H2,1-2H3. The molecule has 0 radical (unpaired) electrons. The van der Waals surface area contributed by atoms with Crippen molar-refractivity contribution in [1.29, 1.82) is 0 Å². The van der Waals surface area contributed by atoms with E-state index < -0.39 is 11.8 Å². The molecule has 0 spiro atoms. The van der Waals surface area contributed by atoms with Crippen LogP contribution in [0.3, 0.4) is 0 Å². The Bertz CT molecular complexity index is 612. The van der Waals surface area contributed by atoms with Crippen LogP contribution in [0.4, 0.5) is 10.1 Å². The minimum absolute atomic E-state index is 0.300. The number of hydrogen-bond donors (Lipinski definition) is 1. The average Bonchev–Trinajstić information content (AvgIpc) is 2.46. The predicted molar refractivity (Wildman–Crippen MR) is 74.0 cm³/mol. The van der Waals surface area contributed by atoms with Crippen LogP contribution in [0.5, 0.6) is 0 Å². The molecule has 20 heavy (non-hydrogen) atoms. The smallest absolute Gasteiger partial charge is 0.339 e. The van der Waals surface area contributed by atoms with E-state index in [9.17, 15) is 9.18 Å². The number of ether oxygens (including phenoxy) is 1. The Morgan fingerprint density at radius 2 is 2.15 bits per heavy atom. The highest BCUT2D eigenvalue weighted by Gasteiger charge is 2.12. The number of rotatable bonds is 4. The molecule has 0 unspecified atom stereocenters. The molecule has 0 fully saturated rings. The van der Waals surface area contributed by atoms with E-state index in [4.69, 9.17) is 0 Å². The van der Waals surface area contributed by atoms with Gasteiger partial charge in [-0.2, -0.15) is 0 Å². The van der Waals surface area contributed by atoms with Crippen molar-refractivity contribution in [2.24, 2.45) is 0 Å². The van der Waals surface area contributed by atoms with Gasteiger partial charge in [0.15, 0.2) is 0 Å². The summed E-state index contributed by atoms with van der Waals surface area (Å²) in [5.74, 6) is -0.920. The quantitative estimate of drug-likeness (QED) is 0.871. The Hall–Kier alpha value is -2.43. The number of hydrogen-bond acceptors (Lipinski definition) is 4. The zero-order chi connectivity index (χ0) is 14.5. The zero-order valence-electron chi connectivity index (χ0n) is 11.3. The minimum atomic E-state index is -0.505. The second-order valence-corrected chi connectivity index (χ2v) is 4.34. The van der Waals surface area contributed by atoms with Gasteiger partial charge >= 0.3 is 5.97 Å². The summed E-state index contributed by atoms with van der Waals surface area (Å²) >= 11 is 0. The molecule has 2 rings (SSSR count). The molecule has 5 heteroatoms. The summed E-state index contributed by atoms with van der Waals surface area (Å²) in [4.78, 5) is 15.8. The monoisotopic (exact) mass is 274 g/mol. The Balaban J connectivity index is 2.17. The molecular formula is C15H15FN2O2. The van der Waals surface area contributed by atoms with E-state index in [-0.39, 0.29) is 0 Å². The molecule has 0 aliphatic carbocycles. The van der Waals surface area contributed by atoms with Gasteiger partial charge in [-0.15, -0.1) is 0 Å². The molecule has 1 N–H and O–H groups in total. The van der Waals surface area contributed by atoms with Crippen molar-refractivity contribution in [3.05, 3.63) is 59.2 Å². The largest absolute Gasteiger partial charge is 0.465 e. The third-order valence-corrected chi connectivity index (χ3v) is 2.84. The number of halogens is 1. The van der Waals surface area contributed by atoms with Crippen LogP contribution in [0.2, 0.25) is 0 Å². The summed E-state index contributed by atoms with van der Waals surface area (Å²) in [6.07, 6.45) is 1.74. The summed E-state index contributed by atoms with van der Waals surface area (Å²) in [6, 6.07) is 7.71. The fraction of sp³-hybridized carbons (Fsp3) is 0.200. The molecule has 0 bridgehead atoms. The van der Waals surface area contributed by atoms with Crippen LogP contribution in [0.1, 0.15) is 21.6 Å². The number of carbonyl (C=O) groups excluding carboxylic acids is 1. The lowest BCUT2D eigenvalue weighted by Crippen LogP contribution is -2.09. The molecule has 104 valence electrons. The molecule has 1 aromatic heterocycles. The van der Waals surface area contributed by atoms with Crippen LogP contribution in [-0.4, -0.2) is 18.1 Å². The van der Waals surface area contributed by atoms with E-state index in [0.29, 0.717) is 17.8 Å². The lowest BCUT2D eigenvalue weighted by atomic mass is 10.1. The SMILES string of the molecule is COC(=O)c1ccc(F)cc1NCc1ccc(C)nc1. The first kappa shape index (κ1) is 14.0. The van der Waals surface area contributed by atoms with Crippen molar-refractivity contribution in [2.75, 3.05) is 12.4 Å². The van der Waals surface area contributed by atoms with Crippen LogP contribution in [0.25, 0.3) is 0 Å². The number of nitrogens with zero attached hydrogens (tertiary/aromatic N) is 1. The van der Waals surface area contributed by atoms with Gasteiger partial charge in [0.2, 0.25) is 0 Å². The number of nitrogens with one attached hydrogen (secondary N) is 1. The number of aryl methyl sites for hydroxylation is 1. The number of anilines is 1. The Labute approximate surface area is 116 Å². The van der Waals surface area contributed by atoms with Gasteiger partial charge in [0.05, 0.1) is 18.4 Å². The number of aromatic nitrogens is 1. The Kier molecular flexibility index (Phi) is 4.30. The van der Waals surface area contributed by atoms with Gasteiger partial charge in [0.25, 0.3) is 0 Å². The number of pyridine rings is 1. The first-order chi connectivity index (χ1) is 9.60. The lowest BCUT2D eigenvalue weighted by Gasteiger charge is -2.11. The number of esters is 1. The van der Waals surface area contributed by atoms with Crippen molar-refractivity contribution in [2.45, 2.75) is 13.5 Å². The van der Waals surface area contributed by atoms with Crippen LogP contribution >= 0.6 is 0 Å². The average molecular weight is 274 g/mol. The lowest BCUT2D eigenvalue weighted by molar-refractivity contribution is 0.0602. The van der Waals surface area contributed by atoms with Gasteiger partial charge in [-0.1, -0.05) is 6.07 Å². The van der Waals surface area contributed by atoms with E-state index in [1.807, 2.05) is 19.1 Å². The van der Waals surface area contributed by atoms with Gasteiger partial charge < -0.3 is 10.1 Å². The van der Waals surface area contributed by atoms with Crippen molar-refractivity contribution < 1.29 is 13.9 Å². The third-order valence-electron chi connectivity index (χ3n) is 2.84. The second kappa shape index (κ2) is 6.14. The molecule has 0 amide bonds. The van der Waals surface area contributed by atoms with E-state index >= 15 is 0 Å². The van der Waals surface area contributed by atoms with E-state index in [2.05, 4.69) is 15.0 Å². The first-order valence-electron chi connectivity index (χ1n) is 6.13. The van der Waals surface area contributed by atoms with Gasteiger partial charge in [-0.05, 0) is 36.8 Å². The minimum Gasteiger partial charge on any atom is -0.465 e. The van der Waals surface area contributed by atoms with Crippen LogP contribution in [0.15, 0.2) is 36.5 Å². The highest BCUT2D eigenvalue weighted by atomic mass is 19.1. The predicted octanol–water partition coefficient (Wildman–Crippen LogP) is 2.93. The van der Waals surface area contributed by atoms with E-state index in [1.165, 1.54) is 25.3 Å².